The molecule has 0 bridgehead atoms. The minimum atomic E-state index is 0.580. The number of pyridine rings is 1. The SMILES string of the molecule is CNC[C@@H]1CCCN(c2cc(Cl)ncc2I)C1. The van der Waals surface area contributed by atoms with Gasteiger partial charge in [-0.05, 0) is 61.0 Å². The van der Waals surface area contributed by atoms with Crippen molar-refractivity contribution in [1.82, 2.24) is 10.3 Å². The highest BCUT2D eigenvalue weighted by Crippen LogP contribution is 2.28. The van der Waals surface area contributed by atoms with Crippen LogP contribution in [0.5, 0.6) is 0 Å². The first-order chi connectivity index (χ1) is 8.20. The average Bonchev–Trinajstić information content (AvgIpc) is 2.33. The second kappa shape index (κ2) is 6.20. The Labute approximate surface area is 121 Å². The van der Waals surface area contributed by atoms with Gasteiger partial charge in [0.15, 0.2) is 0 Å². The molecule has 1 aromatic heterocycles. The molecule has 0 unspecified atom stereocenters. The van der Waals surface area contributed by atoms with Gasteiger partial charge in [-0.2, -0.15) is 0 Å². The molecule has 1 atom stereocenters. The molecule has 0 aliphatic carbocycles. The average molecular weight is 366 g/mol. The molecule has 94 valence electrons. The summed E-state index contributed by atoms with van der Waals surface area (Å²) in [4.78, 5) is 6.54. The zero-order valence-corrected chi connectivity index (χ0v) is 12.8. The van der Waals surface area contributed by atoms with Crippen molar-refractivity contribution in [3.8, 4) is 0 Å². The molecule has 1 aliphatic rings. The van der Waals surface area contributed by atoms with Crippen LogP contribution in [-0.2, 0) is 0 Å². The van der Waals surface area contributed by atoms with Gasteiger partial charge in [-0.25, -0.2) is 4.98 Å². The largest absolute Gasteiger partial charge is 0.370 e. The molecular weight excluding hydrogens is 349 g/mol. The summed E-state index contributed by atoms with van der Waals surface area (Å²) in [6.45, 7) is 3.32. The zero-order valence-electron chi connectivity index (χ0n) is 9.92. The summed E-state index contributed by atoms with van der Waals surface area (Å²) in [7, 11) is 2.02. The summed E-state index contributed by atoms with van der Waals surface area (Å²) < 4.78 is 1.18. The van der Waals surface area contributed by atoms with Crippen molar-refractivity contribution in [2.24, 2.45) is 5.92 Å². The van der Waals surface area contributed by atoms with Crippen molar-refractivity contribution in [1.29, 1.82) is 0 Å². The first kappa shape index (κ1) is 13.4. The van der Waals surface area contributed by atoms with E-state index in [-0.39, 0.29) is 0 Å². The Kier molecular flexibility index (Phi) is 4.87. The summed E-state index contributed by atoms with van der Waals surface area (Å²) >= 11 is 8.31. The van der Waals surface area contributed by atoms with Crippen LogP contribution in [0.2, 0.25) is 5.15 Å². The van der Waals surface area contributed by atoms with E-state index in [1.54, 1.807) is 0 Å². The summed E-state index contributed by atoms with van der Waals surface area (Å²) in [5.41, 5.74) is 1.23. The number of anilines is 1. The molecular formula is C12H17ClIN3. The fourth-order valence-electron chi connectivity index (χ4n) is 2.38. The van der Waals surface area contributed by atoms with Crippen molar-refractivity contribution in [3.63, 3.8) is 0 Å². The molecule has 0 aromatic carbocycles. The highest BCUT2D eigenvalue weighted by atomic mass is 127. The second-order valence-corrected chi connectivity index (χ2v) is 6.02. The molecule has 0 amide bonds. The number of halogens is 2. The highest BCUT2D eigenvalue weighted by molar-refractivity contribution is 14.1. The molecule has 1 N–H and O–H groups in total. The summed E-state index contributed by atoms with van der Waals surface area (Å²) in [6, 6.07) is 1.98. The van der Waals surface area contributed by atoms with Crippen LogP contribution in [0.4, 0.5) is 5.69 Å². The first-order valence-corrected chi connectivity index (χ1v) is 7.37. The highest BCUT2D eigenvalue weighted by Gasteiger charge is 2.21. The third kappa shape index (κ3) is 3.45. The molecule has 1 aromatic rings. The number of hydrogen-bond acceptors (Lipinski definition) is 3. The topological polar surface area (TPSA) is 28.2 Å². The molecule has 3 nitrogen and oxygen atoms in total. The maximum Gasteiger partial charge on any atom is 0.131 e. The first-order valence-electron chi connectivity index (χ1n) is 5.91. The molecule has 0 radical (unpaired) electrons. The number of hydrogen-bond donors (Lipinski definition) is 1. The van der Waals surface area contributed by atoms with E-state index in [0.29, 0.717) is 5.15 Å². The molecule has 2 rings (SSSR count). The maximum atomic E-state index is 5.98. The molecule has 17 heavy (non-hydrogen) atoms. The van der Waals surface area contributed by atoms with E-state index in [1.165, 1.54) is 22.1 Å². The van der Waals surface area contributed by atoms with Crippen LogP contribution >= 0.6 is 34.2 Å². The minimum Gasteiger partial charge on any atom is -0.370 e. The predicted molar refractivity (Wildman–Crippen MR) is 80.8 cm³/mol. The van der Waals surface area contributed by atoms with Gasteiger partial charge in [-0.15, -0.1) is 0 Å². The Morgan fingerprint density at radius 2 is 2.47 bits per heavy atom. The van der Waals surface area contributed by atoms with Crippen LogP contribution in [0.3, 0.4) is 0 Å². The smallest absolute Gasteiger partial charge is 0.131 e. The van der Waals surface area contributed by atoms with Crippen LogP contribution in [-0.4, -0.2) is 31.7 Å². The molecule has 2 heterocycles. The monoisotopic (exact) mass is 365 g/mol. The van der Waals surface area contributed by atoms with Gasteiger partial charge in [-0.3, -0.25) is 0 Å². The van der Waals surface area contributed by atoms with Gasteiger partial charge in [-0.1, -0.05) is 11.6 Å². The summed E-state index contributed by atoms with van der Waals surface area (Å²) in [6.07, 6.45) is 4.41. The van der Waals surface area contributed by atoms with Crippen molar-refractivity contribution < 1.29 is 0 Å². The van der Waals surface area contributed by atoms with Crippen LogP contribution < -0.4 is 10.2 Å². The van der Waals surface area contributed by atoms with Crippen LogP contribution in [0.15, 0.2) is 12.3 Å². The summed E-state index contributed by atoms with van der Waals surface area (Å²) in [5.74, 6) is 0.733. The minimum absolute atomic E-state index is 0.580. The number of rotatable bonds is 3. The van der Waals surface area contributed by atoms with Gasteiger partial charge in [0.2, 0.25) is 0 Å². The zero-order chi connectivity index (χ0) is 12.3. The van der Waals surface area contributed by atoms with E-state index in [0.717, 1.165) is 25.6 Å². The van der Waals surface area contributed by atoms with Crippen LogP contribution in [0.25, 0.3) is 0 Å². The van der Waals surface area contributed by atoms with E-state index in [1.807, 2.05) is 19.3 Å². The Morgan fingerprint density at radius 1 is 1.65 bits per heavy atom. The van der Waals surface area contributed by atoms with Gasteiger partial charge in [0.05, 0.1) is 9.26 Å². The van der Waals surface area contributed by atoms with E-state index >= 15 is 0 Å². The number of nitrogens with one attached hydrogen (secondary N) is 1. The quantitative estimate of drug-likeness (QED) is 0.659. The van der Waals surface area contributed by atoms with Crippen molar-refractivity contribution in [2.75, 3.05) is 31.6 Å². The normalized spacial score (nSPS) is 20.6. The Hall–Kier alpha value is -0.0700. The lowest BCUT2D eigenvalue weighted by Crippen LogP contribution is -2.39. The molecule has 0 saturated carbocycles. The Balaban J connectivity index is 2.13. The number of aromatic nitrogens is 1. The van der Waals surface area contributed by atoms with Crippen LogP contribution in [0, 0.1) is 9.49 Å². The Morgan fingerprint density at radius 3 is 3.24 bits per heavy atom. The predicted octanol–water partition coefficient (Wildman–Crippen LogP) is 2.78. The third-order valence-electron chi connectivity index (χ3n) is 3.15. The lowest BCUT2D eigenvalue weighted by molar-refractivity contribution is 0.402. The van der Waals surface area contributed by atoms with Gasteiger partial charge >= 0.3 is 0 Å². The van der Waals surface area contributed by atoms with Crippen molar-refractivity contribution in [2.45, 2.75) is 12.8 Å². The van der Waals surface area contributed by atoms with E-state index in [9.17, 15) is 0 Å². The maximum absolute atomic E-state index is 5.98. The molecule has 1 fully saturated rings. The van der Waals surface area contributed by atoms with E-state index < -0.39 is 0 Å². The number of piperidine rings is 1. The lowest BCUT2D eigenvalue weighted by Gasteiger charge is -2.35. The van der Waals surface area contributed by atoms with E-state index in [4.69, 9.17) is 11.6 Å². The standard InChI is InChI=1S/C12H17ClIN3/c1-15-6-9-3-2-4-17(8-9)11-5-12(13)16-7-10(11)14/h5,7,9,15H,2-4,6,8H2,1H3/t9-/m0/s1. The Bertz CT molecular complexity index is 384. The van der Waals surface area contributed by atoms with Gasteiger partial charge in [0, 0.05) is 19.3 Å². The summed E-state index contributed by atoms with van der Waals surface area (Å²) in [5, 5.41) is 3.85. The fraction of sp³-hybridized carbons (Fsp3) is 0.583. The molecule has 0 spiro atoms. The molecule has 5 heteroatoms. The molecule has 1 saturated heterocycles. The van der Waals surface area contributed by atoms with E-state index in [2.05, 4.69) is 37.8 Å². The van der Waals surface area contributed by atoms with Gasteiger partial charge in [0.1, 0.15) is 5.15 Å². The van der Waals surface area contributed by atoms with Crippen molar-refractivity contribution >= 4 is 39.9 Å². The molecule has 1 aliphatic heterocycles. The second-order valence-electron chi connectivity index (χ2n) is 4.47. The van der Waals surface area contributed by atoms with Gasteiger partial charge < -0.3 is 10.2 Å². The fourth-order valence-corrected chi connectivity index (χ4v) is 3.17. The van der Waals surface area contributed by atoms with Gasteiger partial charge in [0.25, 0.3) is 0 Å². The van der Waals surface area contributed by atoms with Crippen molar-refractivity contribution in [3.05, 3.63) is 21.0 Å². The lowest BCUT2D eigenvalue weighted by atomic mass is 9.97. The number of nitrogens with zero attached hydrogens (tertiary/aromatic N) is 2. The third-order valence-corrected chi connectivity index (χ3v) is 4.19. The van der Waals surface area contributed by atoms with Crippen LogP contribution in [0.1, 0.15) is 12.8 Å².